The summed E-state index contributed by atoms with van der Waals surface area (Å²) in [6.07, 6.45) is 0. The maximum atomic E-state index is 12.5. The normalized spacial score (nSPS) is 14.9. The Kier molecular flexibility index (Phi) is 13.2. The molecule has 8 rings (SSSR count). The summed E-state index contributed by atoms with van der Waals surface area (Å²) in [5, 5.41) is 58.1. The predicted molar refractivity (Wildman–Crippen MR) is 217 cm³/mol. The van der Waals surface area contributed by atoms with Gasteiger partial charge in [0.2, 0.25) is 29.7 Å². The molecule has 0 fully saturated rings. The molecular weight excluding hydrogens is 942 g/mol. The molecule has 0 saturated heterocycles. The molecule has 0 atom stereocenters. The Morgan fingerprint density at radius 1 is 0.613 bits per heavy atom. The molecule has 2 aliphatic rings. The van der Waals surface area contributed by atoms with E-state index in [1.165, 1.54) is 26.2 Å². The van der Waals surface area contributed by atoms with Crippen LogP contribution < -0.4 is 25.1 Å². The van der Waals surface area contributed by atoms with Crippen molar-refractivity contribution in [2.24, 2.45) is 20.5 Å². The number of nitrogens with zero attached hydrogens (tertiary/aromatic N) is 4. The van der Waals surface area contributed by atoms with E-state index in [4.69, 9.17) is 9.47 Å². The van der Waals surface area contributed by atoms with Gasteiger partial charge in [-0.05, 0) is 43.4 Å². The first-order valence-corrected chi connectivity index (χ1v) is 23.4. The first-order valence-electron chi connectivity index (χ1n) is 17.0. The number of nitrogens with one attached hydrogen (secondary N) is 1. The van der Waals surface area contributed by atoms with Crippen LogP contribution in [0.2, 0.25) is 0 Å². The van der Waals surface area contributed by atoms with Crippen molar-refractivity contribution in [3.63, 3.8) is 0 Å². The van der Waals surface area contributed by atoms with Gasteiger partial charge in [0.15, 0.2) is 34.8 Å². The van der Waals surface area contributed by atoms with E-state index in [1.54, 1.807) is 48.5 Å². The molecular formula is C36H34CoN7O14S4+. The second kappa shape index (κ2) is 17.4. The number of sulfone groups is 2. The van der Waals surface area contributed by atoms with Crippen LogP contribution in [0.1, 0.15) is 0 Å². The first kappa shape index (κ1) is 47.1. The molecule has 6 aromatic carbocycles. The second-order valence-electron chi connectivity index (χ2n) is 12.7. The predicted octanol–water partition coefficient (Wildman–Crippen LogP) is 4.53. The largest absolute Gasteiger partial charge is 0.506 e. The van der Waals surface area contributed by atoms with Crippen molar-refractivity contribution in [3.05, 3.63) is 84.9 Å². The summed E-state index contributed by atoms with van der Waals surface area (Å²) >= 11 is 0. The molecule has 62 heavy (non-hydrogen) atoms. The van der Waals surface area contributed by atoms with E-state index < -0.39 is 63.1 Å². The van der Waals surface area contributed by atoms with Crippen molar-refractivity contribution in [2.45, 2.75) is 19.6 Å². The van der Waals surface area contributed by atoms with Gasteiger partial charge >= 0.3 is 10.0 Å². The number of hydrogen-bond donors (Lipinski definition) is 7. The molecule has 2 heterocycles. The summed E-state index contributed by atoms with van der Waals surface area (Å²) in [6, 6.07) is 19.8. The minimum Gasteiger partial charge on any atom is -0.506 e. The molecule has 21 nitrogen and oxygen atoms in total. The summed E-state index contributed by atoms with van der Waals surface area (Å²) in [6.45, 7) is 0. The number of nitrogens with two attached hydrogens (primary N) is 1. The van der Waals surface area contributed by atoms with Gasteiger partial charge in [0.05, 0.1) is 11.9 Å². The third-order valence-electron chi connectivity index (χ3n) is 9.11. The molecule has 0 aliphatic carbocycles. The van der Waals surface area contributed by atoms with Crippen LogP contribution in [0.3, 0.4) is 0 Å². The van der Waals surface area contributed by atoms with Gasteiger partial charge < -0.3 is 36.1 Å². The number of azo groups is 2. The molecule has 0 spiro atoms. The van der Waals surface area contributed by atoms with Gasteiger partial charge in [-0.1, -0.05) is 48.5 Å². The fraction of sp³-hybridized carbons (Fsp3) is 0.111. The number of benzene rings is 6. The number of fused-ring (bicyclic) bond motifs is 6. The van der Waals surface area contributed by atoms with E-state index in [-0.39, 0.29) is 88.3 Å². The Bertz CT molecular complexity index is 3100. The Morgan fingerprint density at radius 3 is 1.40 bits per heavy atom. The third-order valence-corrected chi connectivity index (χ3v) is 14.9. The zero-order chi connectivity index (χ0) is 43.4. The fourth-order valence-electron chi connectivity index (χ4n) is 6.12. The molecule has 6 aromatic rings. The van der Waals surface area contributed by atoms with Crippen molar-refractivity contribution >= 4 is 84.0 Å². The number of hydrogen-bond acceptors (Lipinski definition) is 19. The van der Waals surface area contributed by atoms with Gasteiger partial charge in [0.25, 0.3) is 0 Å². The topological polar surface area (TPSA) is 349 Å². The minimum absolute atomic E-state index is 0. The zero-order valence-corrected chi connectivity index (χ0v) is 36.2. The first-order chi connectivity index (χ1) is 28.3. The number of aromatic hydroxyl groups is 4. The van der Waals surface area contributed by atoms with Crippen LogP contribution in [0.5, 0.6) is 34.5 Å². The molecule has 0 aromatic heterocycles. The van der Waals surface area contributed by atoms with Crippen molar-refractivity contribution in [1.29, 1.82) is 0 Å². The van der Waals surface area contributed by atoms with E-state index in [1.807, 2.05) is 0 Å². The molecule has 26 heteroatoms. The number of sulfonamides is 2. The Balaban J connectivity index is 0.000000227. The number of rotatable bonds is 8. The van der Waals surface area contributed by atoms with Crippen LogP contribution in [0.4, 0.5) is 22.7 Å². The van der Waals surface area contributed by atoms with Gasteiger partial charge in [0, 0.05) is 38.3 Å². The van der Waals surface area contributed by atoms with Gasteiger partial charge in [-0.15, -0.1) is 20.5 Å². The summed E-state index contributed by atoms with van der Waals surface area (Å²) in [5.41, 5.74) is -1.15. The van der Waals surface area contributed by atoms with Gasteiger partial charge in [-0.25, -0.2) is 34.7 Å². The van der Waals surface area contributed by atoms with E-state index in [9.17, 15) is 54.1 Å². The molecule has 10 N–H and O–H groups in total. The molecule has 329 valence electrons. The van der Waals surface area contributed by atoms with E-state index in [0.717, 1.165) is 29.0 Å². The Morgan fingerprint density at radius 2 is 1.00 bits per heavy atom. The van der Waals surface area contributed by atoms with Crippen molar-refractivity contribution < 1.29 is 85.1 Å². The molecule has 0 bridgehead atoms. The summed E-state index contributed by atoms with van der Waals surface area (Å²) in [7, 11) is -12.7. The van der Waals surface area contributed by atoms with Crippen molar-refractivity contribution in [2.75, 3.05) is 26.0 Å². The number of phenolic OH excluding ortho intramolecular Hbond substituents is 4. The quantitative estimate of drug-likeness (QED) is 0.103. The van der Waals surface area contributed by atoms with Crippen LogP contribution in [-0.4, -0.2) is 80.1 Å². The zero-order valence-electron chi connectivity index (χ0n) is 31.9. The van der Waals surface area contributed by atoms with Gasteiger partial charge in [-0.2, -0.15) is 8.42 Å². The second-order valence-corrected chi connectivity index (χ2v) is 20.4. The summed E-state index contributed by atoms with van der Waals surface area (Å²) in [4.78, 5) is -0.935. The maximum Gasteiger partial charge on any atom is 0.324 e. The average molecular weight is 976 g/mol. The van der Waals surface area contributed by atoms with E-state index in [0.29, 0.717) is 21.5 Å². The van der Waals surface area contributed by atoms with Crippen LogP contribution in [0.25, 0.3) is 21.5 Å². The maximum absolute atomic E-state index is 12.5. The smallest absolute Gasteiger partial charge is 0.324 e. The number of phenols is 4. The molecule has 1 radical (unpaired) electrons. The Labute approximate surface area is 363 Å². The van der Waals surface area contributed by atoms with Crippen LogP contribution >= 0.6 is 0 Å². The van der Waals surface area contributed by atoms with Crippen LogP contribution in [-0.2, 0) is 56.5 Å². The van der Waals surface area contributed by atoms with Crippen LogP contribution in [0, 0.1) is 0 Å². The minimum atomic E-state index is -3.90. The standard InChI is InChI=1S/2C18H15N3O7S2.Co.H3N/c2*1-19-30(26,27)10-6-7-14(22)13(8-10)20-21-15-16(23)11-4-2-3-5-12(11)17-18(15)29(24,25)9-28-17;;/h2*2-8,19,22-23H,9H2,1H3;;1H3/p+1. The molecule has 0 saturated carbocycles. The average Bonchev–Trinajstić information content (AvgIpc) is 3.73. The van der Waals surface area contributed by atoms with Crippen LogP contribution in [0.15, 0.2) is 125 Å². The fourth-order valence-corrected chi connectivity index (χ4v) is 10.2. The Hall–Kier alpha value is -5.97. The van der Waals surface area contributed by atoms with Gasteiger partial charge in [0.1, 0.15) is 49.1 Å². The third kappa shape index (κ3) is 8.46. The molecule has 2 aliphatic heterocycles. The molecule has 0 unspecified atom stereocenters. The van der Waals surface area contributed by atoms with E-state index >= 15 is 0 Å². The van der Waals surface area contributed by atoms with Crippen molar-refractivity contribution in [1.82, 2.24) is 10.9 Å². The SMILES string of the molecule is CNS(=O)(=O)c1ccc(O)c(N=Nc2c3c(c4ccccc4c2O)OCS3(=O)=O)c1.C[NH2+]S(=O)(=O)c1ccc(O)c(N=Nc2c3c(c4ccccc4c2O)OCS3(=O)=O)c1.N.[Co]. The van der Waals surface area contributed by atoms with E-state index in [2.05, 4.69) is 25.2 Å². The summed E-state index contributed by atoms with van der Waals surface area (Å²) in [5.74, 6) is -2.72. The number of ether oxygens (including phenoxy) is 2. The molecule has 0 amide bonds. The number of primary sulfonamides is 1. The van der Waals surface area contributed by atoms with Gasteiger partial charge in [-0.3, -0.25) is 0 Å². The number of quaternary nitrogens is 1. The monoisotopic (exact) mass is 975 g/mol. The van der Waals surface area contributed by atoms with Crippen molar-refractivity contribution in [3.8, 4) is 34.5 Å². The summed E-state index contributed by atoms with van der Waals surface area (Å²) < 4.78 is 112.